The summed E-state index contributed by atoms with van der Waals surface area (Å²) in [5, 5.41) is 2.68. The first-order valence-corrected chi connectivity index (χ1v) is 8.29. The van der Waals surface area contributed by atoms with Crippen LogP contribution in [0.15, 0.2) is 47.4 Å². The van der Waals surface area contributed by atoms with Crippen molar-refractivity contribution >= 4 is 22.5 Å². The molecule has 0 nitrogen and oxygen atoms in total. The molecular weight excluding hydrogens is 248 g/mol. The third kappa shape index (κ3) is 4.91. The lowest BCUT2D eigenvalue weighted by atomic mass is 10.1. The molecule has 0 unspecified atom stereocenters. The Morgan fingerprint density at radius 2 is 1.53 bits per heavy atom. The molecule has 0 amide bonds. The van der Waals surface area contributed by atoms with Gasteiger partial charge in [0, 0.05) is 4.90 Å². The third-order valence-electron chi connectivity index (χ3n) is 3.38. The second kappa shape index (κ2) is 8.27. The van der Waals surface area contributed by atoms with E-state index in [9.17, 15) is 0 Å². The van der Waals surface area contributed by atoms with Crippen LogP contribution >= 0.6 is 11.8 Å². The first-order chi connectivity index (χ1) is 9.40. The lowest BCUT2D eigenvalue weighted by molar-refractivity contribution is 0.639. The minimum atomic E-state index is 1.09. The maximum Gasteiger partial charge on any atom is 0.00783 e. The van der Waals surface area contributed by atoms with E-state index in [1.807, 2.05) is 11.8 Å². The van der Waals surface area contributed by atoms with Gasteiger partial charge in [-0.2, -0.15) is 0 Å². The van der Waals surface area contributed by atoms with E-state index in [0.29, 0.717) is 0 Å². The van der Waals surface area contributed by atoms with Gasteiger partial charge in [0.15, 0.2) is 0 Å². The smallest absolute Gasteiger partial charge is 0.00783 e. The topological polar surface area (TPSA) is 0 Å². The van der Waals surface area contributed by atoms with Crippen molar-refractivity contribution in [2.45, 2.75) is 43.4 Å². The molecule has 0 saturated heterocycles. The molecule has 0 atom stereocenters. The van der Waals surface area contributed by atoms with E-state index in [-0.39, 0.29) is 0 Å². The van der Waals surface area contributed by atoms with Gasteiger partial charge in [-0.15, -0.1) is 11.8 Å². The molecule has 1 radical (unpaired) electrons. The molecule has 0 aromatic heterocycles. The lowest BCUT2D eigenvalue weighted by Crippen LogP contribution is -1.83. The van der Waals surface area contributed by atoms with Crippen LogP contribution in [0.25, 0.3) is 10.8 Å². The first kappa shape index (κ1) is 14.5. The van der Waals surface area contributed by atoms with Gasteiger partial charge in [-0.25, -0.2) is 0 Å². The molecule has 0 aliphatic carbocycles. The van der Waals surface area contributed by atoms with Gasteiger partial charge in [0.1, 0.15) is 0 Å². The third-order valence-corrected chi connectivity index (χ3v) is 4.46. The van der Waals surface area contributed by atoms with Crippen molar-refractivity contribution in [3.63, 3.8) is 0 Å². The van der Waals surface area contributed by atoms with Gasteiger partial charge in [-0.1, -0.05) is 69.4 Å². The quantitative estimate of drug-likeness (QED) is 0.412. The molecule has 2 aromatic rings. The Hall–Kier alpha value is -0.950. The zero-order valence-electron chi connectivity index (χ0n) is 11.6. The van der Waals surface area contributed by atoms with Gasteiger partial charge in [0.2, 0.25) is 0 Å². The summed E-state index contributed by atoms with van der Waals surface area (Å²) in [6.07, 6.45) is 7.79. The SMILES string of the molecule is [CH2]CCCCCCCSc1ccc2ccccc2c1. The number of hydrogen-bond donors (Lipinski definition) is 0. The zero-order valence-corrected chi connectivity index (χ0v) is 12.4. The molecule has 0 heterocycles. The predicted molar refractivity (Wildman–Crippen MR) is 87.7 cm³/mol. The van der Waals surface area contributed by atoms with E-state index in [2.05, 4.69) is 49.4 Å². The normalized spacial score (nSPS) is 11.0. The molecule has 0 fully saturated rings. The number of thioether (sulfide) groups is 1. The molecule has 1 heteroatoms. The van der Waals surface area contributed by atoms with Crippen LogP contribution in [0.4, 0.5) is 0 Å². The fraction of sp³-hybridized carbons (Fsp3) is 0.389. The Kier molecular flexibility index (Phi) is 6.29. The van der Waals surface area contributed by atoms with Gasteiger partial charge in [-0.05, 0) is 35.1 Å². The first-order valence-electron chi connectivity index (χ1n) is 7.31. The summed E-state index contributed by atoms with van der Waals surface area (Å²) in [5.74, 6) is 1.24. The fourth-order valence-corrected chi connectivity index (χ4v) is 3.22. The number of benzene rings is 2. The Labute approximate surface area is 121 Å². The summed E-state index contributed by atoms with van der Waals surface area (Å²) in [6, 6.07) is 15.4. The molecule has 0 saturated carbocycles. The number of unbranched alkanes of at least 4 members (excludes halogenated alkanes) is 5. The summed E-state index contributed by atoms with van der Waals surface area (Å²) in [6.45, 7) is 3.88. The Morgan fingerprint density at radius 1 is 0.789 bits per heavy atom. The maximum atomic E-state index is 3.88. The number of hydrogen-bond acceptors (Lipinski definition) is 1. The van der Waals surface area contributed by atoms with Gasteiger partial charge >= 0.3 is 0 Å². The minimum absolute atomic E-state index is 1.09. The molecular formula is C18H23S. The van der Waals surface area contributed by atoms with Crippen LogP contribution < -0.4 is 0 Å². The van der Waals surface area contributed by atoms with Crippen molar-refractivity contribution in [3.8, 4) is 0 Å². The van der Waals surface area contributed by atoms with E-state index >= 15 is 0 Å². The van der Waals surface area contributed by atoms with E-state index in [1.54, 1.807) is 0 Å². The second-order valence-corrected chi connectivity index (χ2v) is 6.15. The summed E-state index contributed by atoms with van der Waals surface area (Å²) in [7, 11) is 0. The maximum absolute atomic E-state index is 3.88. The Balaban J connectivity index is 1.72. The van der Waals surface area contributed by atoms with Crippen LogP contribution in [0.1, 0.15) is 38.5 Å². The molecule has 2 rings (SSSR count). The highest BCUT2D eigenvalue weighted by Crippen LogP contribution is 2.24. The molecule has 0 aliphatic rings. The van der Waals surface area contributed by atoms with Crippen molar-refractivity contribution in [2.75, 3.05) is 5.75 Å². The van der Waals surface area contributed by atoms with Gasteiger partial charge in [0.05, 0.1) is 0 Å². The van der Waals surface area contributed by atoms with E-state index < -0.39 is 0 Å². The lowest BCUT2D eigenvalue weighted by Gasteiger charge is -2.04. The Bertz CT molecular complexity index is 490. The van der Waals surface area contributed by atoms with Crippen molar-refractivity contribution in [1.29, 1.82) is 0 Å². The molecule has 19 heavy (non-hydrogen) atoms. The standard InChI is InChI=1S/C18H23S/c1-2-3-4-5-6-9-14-19-18-13-12-16-10-7-8-11-17(16)15-18/h7-8,10-13,15H,1-6,9,14H2. The fourth-order valence-electron chi connectivity index (χ4n) is 2.26. The van der Waals surface area contributed by atoms with Crippen LogP contribution in [0, 0.1) is 6.92 Å². The monoisotopic (exact) mass is 271 g/mol. The molecule has 0 spiro atoms. The summed E-state index contributed by atoms with van der Waals surface area (Å²) in [5.41, 5.74) is 0. The molecule has 0 aliphatic heterocycles. The average Bonchev–Trinajstić information content (AvgIpc) is 2.46. The summed E-state index contributed by atoms with van der Waals surface area (Å²) < 4.78 is 0. The zero-order chi connectivity index (χ0) is 13.3. The summed E-state index contributed by atoms with van der Waals surface area (Å²) in [4.78, 5) is 1.40. The second-order valence-electron chi connectivity index (χ2n) is 4.98. The van der Waals surface area contributed by atoms with Crippen LogP contribution in [0.2, 0.25) is 0 Å². The largest absolute Gasteiger partial charge is 0.126 e. The highest BCUT2D eigenvalue weighted by Gasteiger charge is 1.97. The van der Waals surface area contributed by atoms with E-state index in [1.165, 1.54) is 53.5 Å². The van der Waals surface area contributed by atoms with Crippen molar-refractivity contribution in [2.24, 2.45) is 0 Å². The minimum Gasteiger partial charge on any atom is -0.126 e. The highest BCUT2D eigenvalue weighted by molar-refractivity contribution is 7.99. The van der Waals surface area contributed by atoms with E-state index in [0.717, 1.165) is 6.42 Å². The van der Waals surface area contributed by atoms with Crippen LogP contribution in [-0.4, -0.2) is 5.75 Å². The van der Waals surface area contributed by atoms with Crippen LogP contribution in [0.5, 0.6) is 0 Å². The molecule has 0 N–H and O–H groups in total. The Morgan fingerprint density at radius 3 is 2.37 bits per heavy atom. The summed E-state index contributed by atoms with van der Waals surface area (Å²) >= 11 is 1.99. The highest BCUT2D eigenvalue weighted by atomic mass is 32.2. The van der Waals surface area contributed by atoms with Crippen LogP contribution in [0.3, 0.4) is 0 Å². The molecule has 2 aromatic carbocycles. The molecule has 101 valence electrons. The number of fused-ring (bicyclic) bond motifs is 1. The van der Waals surface area contributed by atoms with Crippen molar-refractivity contribution in [3.05, 3.63) is 49.4 Å². The van der Waals surface area contributed by atoms with Gasteiger partial charge in [-0.3, -0.25) is 0 Å². The predicted octanol–water partition coefficient (Wildman–Crippen LogP) is 6.11. The van der Waals surface area contributed by atoms with Crippen molar-refractivity contribution < 1.29 is 0 Å². The van der Waals surface area contributed by atoms with Crippen molar-refractivity contribution in [1.82, 2.24) is 0 Å². The number of rotatable bonds is 8. The van der Waals surface area contributed by atoms with E-state index in [4.69, 9.17) is 0 Å². The average molecular weight is 271 g/mol. The van der Waals surface area contributed by atoms with Crippen LogP contribution in [-0.2, 0) is 0 Å². The van der Waals surface area contributed by atoms with Gasteiger partial charge in [0.25, 0.3) is 0 Å². The molecule has 0 bridgehead atoms. The van der Waals surface area contributed by atoms with Gasteiger partial charge < -0.3 is 0 Å².